The first-order valence-corrected chi connectivity index (χ1v) is 5.22. The number of nitro benzene ring substituents is 1. The fourth-order valence-corrected chi connectivity index (χ4v) is 1.45. The molecule has 16 heavy (non-hydrogen) atoms. The first kappa shape index (κ1) is 12.4. The molecule has 0 unspecified atom stereocenters. The van der Waals surface area contributed by atoms with Gasteiger partial charge in [0.05, 0.1) is 4.92 Å². The quantitative estimate of drug-likeness (QED) is 0.481. The number of nitrogens with one attached hydrogen (secondary N) is 2. The van der Waals surface area contributed by atoms with Gasteiger partial charge in [-0.1, -0.05) is 0 Å². The Hall–Kier alpha value is -1.69. The molecule has 0 saturated carbocycles. The van der Waals surface area contributed by atoms with Gasteiger partial charge in [-0.15, -0.1) is 0 Å². The van der Waals surface area contributed by atoms with E-state index in [1.807, 2.05) is 13.8 Å². The van der Waals surface area contributed by atoms with Crippen LogP contribution in [-0.4, -0.2) is 16.1 Å². The van der Waals surface area contributed by atoms with Crippen molar-refractivity contribution in [2.24, 2.45) is 0 Å². The second-order valence-electron chi connectivity index (χ2n) is 3.56. The normalized spacial score (nSPS) is 9.94. The van der Waals surface area contributed by atoms with Crippen LogP contribution in [0.1, 0.15) is 13.8 Å². The average molecular weight is 239 g/mol. The van der Waals surface area contributed by atoms with Crippen molar-refractivity contribution in [3.63, 3.8) is 0 Å². The Kier molecular flexibility index (Phi) is 4.19. The molecule has 0 spiro atoms. The summed E-state index contributed by atoms with van der Waals surface area (Å²) in [6.45, 7) is 3.95. The van der Waals surface area contributed by atoms with E-state index in [1.54, 1.807) is 12.1 Å². The summed E-state index contributed by atoms with van der Waals surface area (Å²) in [4.78, 5) is 9.99. The molecule has 1 rings (SSSR count). The number of thiocarbonyl (C=S) groups is 1. The Morgan fingerprint density at radius 1 is 1.38 bits per heavy atom. The first-order chi connectivity index (χ1) is 7.49. The Morgan fingerprint density at radius 3 is 2.38 bits per heavy atom. The van der Waals surface area contributed by atoms with Crippen LogP contribution < -0.4 is 10.6 Å². The third-order valence-corrected chi connectivity index (χ3v) is 1.98. The second-order valence-corrected chi connectivity index (χ2v) is 3.97. The molecular formula is C10H13N3O2S. The number of nitro groups is 1. The van der Waals surface area contributed by atoms with Crippen molar-refractivity contribution < 1.29 is 4.92 Å². The van der Waals surface area contributed by atoms with Gasteiger partial charge in [-0.25, -0.2) is 0 Å². The third-order valence-electron chi connectivity index (χ3n) is 1.76. The number of hydrogen-bond acceptors (Lipinski definition) is 3. The van der Waals surface area contributed by atoms with Crippen LogP contribution in [0.2, 0.25) is 0 Å². The third kappa shape index (κ3) is 3.82. The van der Waals surface area contributed by atoms with Gasteiger partial charge in [-0.3, -0.25) is 10.1 Å². The highest BCUT2D eigenvalue weighted by Gasteiger charge is 2.04. The monoisotopic (exact) mass is 239 g/mol. The van der Waals surface area contributed by atoms with Crippen molar-refractivity contribution in [3.8, 4) is 0 Å². The molecular weight excluding hydrogens is 226 g/mol. The van der Waals surface area contributed by atoms with Gasteiger partial charge in [0.25, 0.3) is 5.69 Å². The lowest BCUT2D eigenvalue weighted by molar-refractivity contribution is -0.384. The summed E-state index contributed by atoms with van der Waals surface area (Å²) in [7, 11) is 0. The first-order valence-electron chi connectivity index (χ1n) is 4.81. The maximum absolute atomic E-state index is 10.4. The molecule has 1 aromatic rings. The van der Waals surface area contributed by atoms with Gasteiger partial charge in [0, 0.05) is 23.9 Å². The van der Waals surface area contributed by atoms with Gasteiger partial charge in [-0.05, 0) is 38.2 Å². The molecule has 0 aliphatic rings. The predicted octanol–water partition coefficient (Wildman–Crippen LogP) is 2.29. The highest BCUT2D eigenvalue weighted by Crippen LogP contribution is 2.15. The average Bonchev–Trinajstić information content (AvgIpc) is 2.16. The number of non-ortho nitro benzene ring substituents is 1. The zero-order chi connectivity index (χ0) is 12.1. The molecule has 0 aliphatic carbocycles. The van der Waals surface area contributed by atoms with E-state index in [2.05, 4.69) is 10.6 Å². The number of hydrogen-bond donors (Lipinski definition) is 2. The van der Waals surface area contributed by atoms with Crippen LogP contribution in [0.15, 0.2) is 24.3 Å². The number of anilines is 1. The largest absolute Gasteiger partial charge is 0.360 e. The SMILES string of the molecule is CC(C)NC(=S)Nc1ccc([N+](=O)[O-])cc1. The topological polar surface area (TPSA) is 67.2 Å². The molecule has 6 heteroatoms. The summed E-state index contributed by atoms with van der Waals surface area (Å²) in [6.07, 6.45) is 0. The molecule has 0 atom stereocenters. The van der Waals surface area contributed by atoms with Crippen molar-refractivity contribution in [2.45, 2.75) is 19.9 Å². The van der Waals surface area contributed by atoms with Crippen molar-refractivity contribution in [3.05, 3.63) is 34.4 Å². The van der Waals surface area contributed by atoms with E-state index in [9.17, 15) is 10.1 Å². The Labute approximate surface area is 99.0 Å². The smallest absolute Gasteiger partial charge is 0.269 e. The molecule has 0 aliphatic heterocycles. The molecule has 2 N–H and O–H groups in total. The molecule has 0 aromatic heterocycles. The molecule has 0 heterocycles. The van der Waals surface area contributed by atoms with E-state index >= 15 is 0 Å². The van der Waals surface area contributed by atoms with Gasteiger partial charge >= 0.3 is 0 Å². The van der Waals surface area contributed by atoms with Crippen LogP contribution in [0.4, 0.5) is 11.4 Å². The lowest BCUT2D eigenvalue weighted by Crippen LogP contribution is -2.33. The van der Waals surface area contributed by atoms with Crippen LogP contribution in [-0.2, 0) is 0 Å². The van der Waals surface area contributed by atoms with Crippen LogP contribution in [0, 0.1) is 10.1 Å². The van der Waals surface area contributed by atoms with Crippen LogP contribution in [0.3, 0.4) is 0 Å². The minimum Gasteiger partial charge on any atom is -0.360 e. The van der Waals surface area contributed by atoms with E-state index in [0.717, 1.165) is 5.69 Å². The Balaban J connectivity index is 2.62. The second kappa shape index (κ2) is 5.41. The summed E-state index contributed by atoms with van der Waals surface area (Å²) in [5, 5.41) is 16.9. The fourth-order valence-electron chi connectivity index (χ4n) is 1.10. The number of rotatable bonds is 3. The van der Waals surface area contributed by atoms with Crippen molar-refractivity contribution in [2.75, 3.05) is 5.32 Å². The van der Waals surface area contributed by atoms with E-state index < -0.39 is 4.92 Å². The standard InChI is InChI=1S/C10H13N3O2S/c1-7(2)11-10(16)12-8-3-5-9(6-4-8)13(14)15/h3-7H,1-2H3,(H2,11,12,16). The molecule has 86 valence electrons. The van der Waals surface area contributed by atoms with Crippen LogP contribution in [0.5, 0.6) is 0 Å². The fraction of sp³-hybridized carbons (Fsp3) is 0.300. The van der Waals surface area contributed by atoms with E-state index in [0.29, 0.717) is 5.11 Å². The highest BCUT2D eigenvalue weighted by atomic mass is 32.1. The number of benzene rings is 1. The zero-order valence-corrected chi connectivity index (χ0v) is 9.88. The van der Waals surface area contributed by atoms with E-state index in [4.69, 9.17) is 12.2 Å². The molecule has 1 aromatic carbocycles. The summed E-state index contributed by atoms with van der Waals surface area (Å²) in [5.74, 6) is 0. The van der Waals surface area contributed by atoms with Crippen molar-refractivity contribution in [1.82, 2.24) is 5.32 Å². The minimum absolute atomic E-state index is 0.0632. The lowest BCUT2D eigenvalue weighted by Gasteiger charge is -2.12. The number of nitrogens with zero attached hydrogens (tertiary/aromatic N) is 1. The van der Waals surface area contributed by atoms with Gasteiger partial charge < -0.3 is 10.6 Å². The molecule has 0 amide bonds. The van der Waals surface area contributed by atoms with Crippen LogP contribution in [0.25, 0.3) is 0 Å². The van der Waals surface area contributed by atoms with Gasteiger partial charge in [0.2, 0.25) is 0 Å². The van der Waals surface area contributed by atoms with Crippen molar-refractivity contribution >= 4 is 28.7 Å². The van der Waals surface area contributed by atoms with E-state index in [-0.39, 0.29) is 11.7 Å². The summed E-state index contributed by atoms with van der Waals surface area (Å²) < 4.78 is 0. The Bertz CT molecular complexity index is 390. The van der Waals surface area contributed by atoms with Gasteiger partial charge in [-0.2, -0.15) is 0 Å². The lowest BCUT2D eigenvalue weighted by atomic mass is 10.3. The summed E-state index contributed by atoms with van der Waals surface area (Å²) >= 11 is 5.04. The molecule has 0 radical (unpaired) electrons. The molecule has 5 nitrogen and oxygen atoms in total. The summed E-state index contributed by atoms with van der Waals surface area (Å²) in [6, 6.07) is 6.34. The predicted molar refractivity (Wildman–Crippen MR) is 67.6 cm³/mol. The zero-order valence-electron chi connectivity index (χ0n) is 9.06. The Morgan fingerprint density at radius 2 is 1.94 bits per heavy atom. The van der Waals surface area contributed by atoms with Gasteiger partial charge in [0.15, 0.2) is 5.11 Å². The molecule has 0 bridgehead atoms. The van der Waals surface area contributed by atoms with Crippen molar-refractivity contribution in [1.29, 1.82) is 0 Å². The maximum atomic E-state index is 10.4. The molecule has 0 saturated heterocycles. The van der Waals surface area contributed by atoms with Gasteiger partial charge in [0.1, 0.15) is 0 Å². The summed E-state index contributed by atoms with van der Waals surface area (Å²) in [5.41, 5.74) is 0.789. The van der Waals surface area contributed by atoms with E-state index in [1.165, 1.54) is 12.1 Å². The molecule has 0 fully saturated rings. The highest BCUT2D eigenvalue weighted by molar-refractivity contribution is 7.80. The maximum Gasteiger partial charge on any atom is 0.269 e. The van der Waals surface area contributed by atoms with Crippen LogP contribution >= 0.6 is 12.2 Å². The minimum atomic E-state index is -0.436.